The molecule has 2 heterocycles. The Bertz CT molecular complexity index is 662. The van der Waals surface area contributed by atoms with E-state index in [4.69, 9.17) is 0 Å². The lowest BCUT2D eigenvalue weighted by molar-refractivity contribution is 1.74. The zero-order chi connectivity index (χ0) is 11.7. The maximum atomic E-state index is 2.29. The third-order valence-electron chi connectivity index (χ3n) is 2.78. The SMILES string of the molecule is C/C=C/C=C/c1c2ccsc2cc2ccsc12. The molecule has 0 aliphatic heterocycles. The van der Waals surface area contributed by atoms with E-state index in [9.17, 15) is 0 Å². The minimum atomic E-state index is 1.35. The summed E-state index contributed by atoms with van der Waals surface area (Å²) in [6.07, 6.45) is 8.46. The molecule has 0 saturated heterocycles. The minimum absolute atomic E-state index is 1.35. The Morgan fingerprint density at radius 2 is 1.94 bits per heavy atom. The van der Waals surface area contributed by atoms with Gasteiger partial charge in [-0.2, -0.15) is 0 Å². The first-order valence-electron chi connectivity index (χ1n) is 5.57. The van der Waals surface area contributed by atoms with Crippen molar-refractivity contribution in [2.45, 2.75) is 6.92 Å². The summed E-state index contributed by atoms with van der Waals surface area (Å²) in [5, 5.41) is 7.05. The van der Waals surface area contributed by atoms with Crippen LogP contribution in [0.4, 0.5) is 0 Å². The van der Waals surface area contributed by atoms with Crippen molar-refractivity contribution < 1.29 is 0 Å². The maximum Gasteiger partial charge on any atom is 0.0422 e. The van der Waals surface area contributed by atoms with Crippen molar-refractivity contribution in [1.29, 1.82) is 0 Å². The van der Waals surface area contributed by atoms with E-state index in [0.29, 0.717) is 0 Å². The molecule has 84 valence electrons. The molecule has 2 heteroatoms. The molecule has 1 aromatic carbocycles. The first kappa shape index (κ1) is 10.8. The van der Waals surface area contributed by atoms with Gasteiger partial charge in [-0.3, -0.25) is 0 Å². The third-order valence-corrected chi connectivity index (χ3v) is 4.61. The fourth-order valence-electron chi connectivity index (χ4n) is 2.00. The lowest BCUT2D eigenvalue weighted by atomic mass is 10.1. The molecule has 0 aliphatic carbocycles. The molecule has 17 heavy (non-hydrogen) atoms. The van der Waals surface area contributed by atoms with Gasteiger partial charge in [0.05, 0.1) is 0 Å². The van der Waals surface area contributed by atoms with Gasteiger partial charge in [0, 0.05) is 20.3 Å². The minimum Gasteiger partial charge on any atom is -0.144 e. The van der Waals surface area contributed by atoms with Gasteiger partial charge in [-0.25, -0.2) is 0 Å². The van der Waals surface area contributed by atoms with E-state index >= 15 is 0 Å². The second-order valence-corrected chi connectivity index (χ2v) is 5.71. The van der Waals surface area contributed by atoms with E-state index in [1.54, 1.807) is 0 Å². The van der Waals surface area contributed by atoms with Gasteiger partial charge >= 0.3 is 0 Å². The van der Waals surface area contributed by atoms with Crippen LogP contribution in [0, 0.1) is 0 Å². The number of allylic oxidation sites excluding steroid dienone is 3. The monoisotopic (exact) mass is 256 g/mol. The molecule has 0 spiro atoms. The molecule has 0 fully saturated rings. The van der Waals surface area contributed by atoms with Crippen LogP contribution in [0.2, 0.25) is 0 Å². The number of benzene rings is 1. The predicted octanol–water partition coefficient (Wildman–Crippen LogP) is 5.71. The Balaban J connectivity index is 2.34. The van der Waals surface area contributed by atoms with Gasteiger partial charge < -0.3 is 0 Å². The summed E-state index contributed by atoms with van der Waals surface area (Å²) in [5.74, 6) is 0. The number of rotatable bonds is 2. The van der Waals surface area contributed by atoms with Crippen molar-refractivity contribution in [3.05, 3.63) is 52.8 Å². The standard InChI is InChI=1S/C15H12S2/c1-2-3-4-5-13-12-7-9-16-14(12)10-11-6-8-17-15(11)13/h2-10H,1H3/b3-2+,5-4+. The van der Waals surface area contributed by atoms with Gasteiger partial charge in [0.25, 0.3) is 0 Å². The summed E-state index contributed by atoms with van der Waals surface area (Å²) < 4.78 is 2.76. The molecule has 0 saturated carbocycles. The summed E-state index contributed by atoms with van der Waals surface area (Å²) in [5.41, 5.74) is 1.35. The molecule has 0 radical (unpaired) electrons. The van der Waals surface area contributed by atoms with E-state index in [-0.39, 0.29) is 0 Å². The Morgan fingerprint density at radius 1 is 1.06 bits per heavy atom. The number of fused-ring (bicyclic) bond motifs is 2. The summed E-state index contributed by atoms with van der Waals surface area (Å²) in [6, 6.07) is 6.71. The molecule has 2 aromatic heterocycles. The fourth-order valence-corrected chi connectivity index (χ4v) is 3.77. The molecule has 0 amide bonds. The van der Waals surface area contributed by atoms with Gasteiger partial charge in [-0.05, 0) is 41.3 Å². The number of thiophene rings is 2. The average Bonchev–Trinajstić information content (AvgIpc) is 2.95. The highest BCUT2D eigenvalue weighted by atomic mass is 32.1. The second kappa shape index (κ2) is 4.47. The van der Waals surface area contributed by atoms with E-state index in [0.717, 1.165) is 0 Å². The van der Waals surface area contributed by atoms with Crippen molar-refractivity contribution in [2.75, 3.05) is 0 Å². The van der Waals surface area contributed by atoms with Crippen LogP contribution in [0.5, 0.6) is 0 Å². The van der Waals surface area contributed by atoms with Crippen LogP contribution in [0.3, 0.4) is 0 Å². The summed E-state index contributed by atoms with van der Waals surface area (Å²) in [4.78, 5) is 0. The van der Waals surface area contributed by atoms with Crippen LogP contribution in [0.15, 0.2) is 47.2 Å². The van der Waals surface area contributed by atoms with Crippen LogP contribution in [-0.2, 0) is 0 Å². The molecule has 3 rings (SSSR count). The van der Waals surface area contributed by atoms with E-state index < -0.39 is 0 Å². The summed E-state index contributed by atoms with van der Waals surface area (Å²) >= 11 is 3.63. The van der Waals surface area contributed by atoms with Crippen molar-refractivity contribution >= 4 is 48.9 Å². The van der Waals surface area contributed by atoms with Crippen LogP contribution in [-0.4, -0.2) is 0 Å². The lowest BCUT2D eigenvalue weighted by Crippen LogP contribution is -1.74. The Kier molecular flexibility index (Phi) is 2.83. The second-order valence-electron chi connectivity index (χ2n) is 3.85. The quantitative estimate of drug-likeness (QED) is 0.515. The molecule has 0 nitrogen and oxygen atoms in total. The van der Waals surface area contributed by atoms with Gasteiger partial charge in [0.1, 0.15) is 0 Å². The highest BCUT2D eigenvalue weighted by molar-refractivity contribution is 7.19. The van der Waals surface area contributed by atoms with Crippen molar-refractivity contribution in [2.24, 2.45) is 0 Å². The van der Waals surface area contributed by atoms with Gasteiger partial charge in [-0.15, -0.1) is 22.7 Å². The van der Waals surface area contributed by atoms with Crippen LogP contribution < -0.4 is 0 Å². The van der Waals surface area contributed by atoms with Crippen molar-refractivity contribution in [3.63, 3.8) is 0 Å². The molecule has 0 unspecified atom stereocenters. The van der Waals surface area contributed by atoms with E-state index in [1.807, 2.05) is 29.6 Å². The van der Waals surface area contributed by atoms with E-state index in [1.165, 1.54) is 25.7 Å². The van der Waals surface area contributed by atoms with Gasteiger partial charge in [-0.1, -0.05) is 24.3 Å². The van der Waals surface area contributed by atoms with Crippen molar-refractivity contribution in [3.8, 4) is 0 Å². The molecule has 0 aliphatic rings. The largest absolute Gasteiger partial charge is 0.144 e. The molecule has 0 atom stereocenters. The molecule has 0 bridgehead atoms. The Morgan fingerprint density at radius 3 is 2.82 bits per heavy atom. The first-order valence-corrected chi connectivity index (χ1v) is 7.33. The summed E-state index contributed by atoms with van der Waals surface area (Å²) in [7, 11) is 0. The average molecular weight is 256 g/mol. The third kappa shape index (κ3) is 1.84. The molecule has 0 N–H and O–H groups in total. The topological polar surface area (TPSA) is 0 Å². The normalized spacial score (nSPS) is 12.5. The molecule has 3 aromatic rings. The zero-order valence-corrected chi connectivity index (χ0v) is 11.1. The van der Waals surface area contributed by atoms with Gasteiger partial charge in [0.2, 0.25) is 0 Å². The Hall–Kier alpha value is -1.38. The lowest BCUT2D eigenvalue weighted by Gasteiger charge is -1.99. The number of hydrogen-bond donors (Lipinski definition) is 0. The molecular formula is C15H12S2. The van der Waals surface area contributed by atoms with Crippen LogP contribution in [0.25, 0.3) is 26.2 Å². The van der Waals surface area contributed by atoms with Crippen LogP contribution >= 0.6 is 22.7 Å². The highest BCUT2D eigenvalue weighted by Gasteiger charge is 2.06. The van der Waals surface area contributed by atoms with Gasteiger partial charge in [0.15, 0.2) is 0 Å². The fraction of sp³-hybridized carbons (Fsp3) is 0.0667. The van der Waals surface area contributed by atoms with Crippen molar-refractivity contribution in [1.82, 2.24) is 0 Å². The zero-order valence-electron chi connectivity index (χ0n) is 9.51. The number of hydrogen-bond acceptors (Lipinski definition) is 2. The van der Waals surface area contributed by atoms with Crippen LogP contribution in [0.1, 0.15) is 12.5 Å². The summed E-state index contributed by atoms with van der Waals surface area (Å²) in [6.45, 7) is 2.04. The predicted molar refractivity (Wildman–Crippen MR) is 81.1 cm³/mol. The first-order chi connectivity index (χ1) is 8.40. The Labute approximate surface area is 109 Å². The smallest absolute Gasteiger partial charge is 0.0422 e. The maximum absolute atomic E-state index is 2.29. The highest BCUT2D eigenvalue weighted by Crippen LogP contribution is 2.35. The van der Waals surface area contributed by atoms with E-state index in [2.05, 4.69) is 53.3 Å². The molecular weight excluding hydrogens is 244 g/mol.